The average Bonchev–Trinajstić information content (AvgIpc) is 1.05. The fraction of sp³-hybridized carbons (Fsp3) is 0.949. The predicted molar refractivity (Wildman–Crippen MR) is 400 cm³/mol. The van der Waals surface area contributed by atoms with E-state index in [9.17, 15) is 43.2 Å². The Morgan fingerprint density at radius 3 is 0.694 bits per heavy atom. The Balaban J connectivity index is 5.25. The molecule has 0 saturated heterocycles. The summed E-state index contributed by atoms with van der Waals surface area (Å²) in [6.45, 7) is 7.29. The van der Waals surface area contributed by atoms with E-state index in [1.807, 2.05) is 0 Å². The zero-order chi connectivity index (χ0) is 71.9. The zero-order valence-electron chi connectivity index (χ0n) is 63.9. The molecule has 0 aliphatic rings. The number of carbonyl (C=O) groups is 4. The highest BCUT2D eigenvalue weighted by Crippen LogP contribution is 2.45. The smallest absolute Gasteiger partial charge is 0.462 e. The van der Waals surface area contributed by atoms with Crippen molar-refractivity contribution in [2.45, 2.75) is 438 Å². The number of ether oxygens (including phenoxy) is 4. The van der Waals surface area contributed by atoms with Crippen molar-refractivity contribution in [3.05, 3.63) is 0 Å². The normalized spacial score (nSPS) is 13.9. The van der Waals surface area contributed by atoms with Gasteiger partial charge in [-0.05, 0) is 31.6 Å². The molecule has 0 spiro atoms. The molecule has 2 unspecified atom stereocenters. The number of unbranched alkanes of at least 4 members (excludes halogenated alkanes) is 51. The number of aliphatic hydroxyl groups is 1. The van der Waals surface area contributed by atoms with Gasteiger partial charge in [-0.3, -0.25) is 37.3 Å². The largest absolute Gasteiger partial charge is 0.472 e. The van der Waals surface area contributed by atoms with Crippen LogP contribution in [0.3, 0.4) is 0 Å². The molecule has 0 heterocycles. The number of carbonyl (C=O) groups excluding carboxylic acids is 4. The summed E-state index contributed by atoms with van der Waals surface area (Å²) in [5.74, 6) is -1.38. The lowest BCUT2D eigenvalue weighted by Crippen LogP contribution is -2.30. The molecule has 0 aromatic heterocycles. The van der Waals surface area contributed by atoms with Gasteiger partial charge in [-0.15, -0.1) is 0 Å². The van der Waals surface area contributed by atoms with Gasteiger partial charge >= 0.3 is 39.5 Å². The molecule has 0 fully saturated rings. The maximum Gasteiger partial charge on any atom is 0.472 e. The average molecular weight is 1440 g/mol. The number of hydrogen-bond acceptors (Lipinski definition) is 15. The molecule has 3 N–H and O–H groups in total. The molecular weight excluding hydrogens is 1280 g/mol. The van der Waals surface area contributed by atoms with Crippen LogP contribution in [0.5, 0.6) is 0 Å². The molecule has 98 heavy (non-hydrogen) atoms. The van der Waals surface area contributed by atoms with Crippen LogP contribution in [-0.2, 0) is 65.4 Å². The summed E-state index contributed by atoms with van der Waals surface area (Å²) >= 11 is 0. The number of esters is 4. The molecule has 0 bridgehead atoms. The van der Waals surface area contributed by atoms with Crippen molar-refractivity contribution < 1.29 is 80.2 Å². The lowest BCUT2D eigenvalue weighted by atomic mass is 10.0. The first-order valence-corrected chi connectivity index (χ1v) is 44.1. The van der Waals surface area contributed by atoms with Crippen molar-refractivity contribution in [2.24, 2.45) is 5.92 Å². The molecule has 0 aromatic rings. The van der Waals surface area contributed by atoms with Crippen molar-refractivity contribution in [2.75, 3.05) is 39.6 Å². The van der Waals surface area contributed by atoms with Crippen molar-refractivity contribution in [1.82, 2.24) is 0 Å². The molecule has 19 heteroatoms. The summed E-state index contributed by atoms with van der Waals surface area (Å²) in [4.78, 5) is 73.0. The van der Waals surface area contributed by atoms with Gasteiger partial charge in [0.15, 0.2) is 12.2 Å². The second-order valence-corrected chi connectivity index (χ2v) is 31.8. The lowest BCUT2D eigenvalue weighted by molar-refractivity contribution is -0.161. The van der Waals surface area contributed by atoms with Crippen LogP contribution in [0.25, 0.3) is 0 Å². The van der Waals surface area contributed by atoms with Gasteiger partial charge in [0.1, 0.15) is 19.3 Å². The summed E-state index contributed by atoms with van der Waals surface area (Å²) in [7, 11) is -9.92. The van der Waals surface area contributed by atoms with Crippen LogP contribution in [0.1, 0.15) is 420 Å². The second kappa shape index (κ2) is 72.0. The Labute approximate surface area is 600 Å². The molecule has 0 saturated carbocycles. The SMILES string of the molecule is CCCCCCCCCCCCCCCCCCCC(=O)O[C@H](COC(=O)CCCCCCCCCCCCCCCCCC)COP(=O)(O)OC[C@@H](O)COP(=O)(O)OC[C@@H](COC(=O)CCCCCCCCCCC(C)C)OC(=O)CCCCCCCCCCCCCCCC. The van der Waals surface area contributed by atoms with Crippen LogP contribution >= 0.6 is 15.6 Å². The van der Waals surface area contributed by atoms with Crippen LogP contribution < -0.4 is 0 Å². The Morgan fingerprint density at radius 1 is 0.276 bits per heavy atom. The first kappa shape index (κ1) is 96.1. The minimum absolute atomic E-state index is 0.108. The van der Waals surface area contributed by atoms with Gasteiger partial charge in [0.2, 0.25) is 0 Å². The quantitative estimate of drug-likeness (QED) is 0.0222. The summed E-state index contributed by atoms with van der Waals surface area (Å²) in [6, 6.07) is 0. The minimum Gasteiger partial charge on any atom is -0.462 e. The van der Waals surface area contributed by atoms with E-state index in [1.54, 1.807) is 0 Å². The number of phosphoric ester groups is 2. The van der Waals surface area contributed by atoms with Crippen molar-refractivity contribution in [1.29, 1.82) is 0 Å². The third kappa shape index (κ3) is 72.4. The highest BCUT2D eigenvalue weighted by atomic mass is 31.2. The molecular formula is C79H154O17P2. The molecule has 0 aromatic carbocycles. The van der Waals surface area contributed by atoms with Crippen molar-refractivity contribution in [3.8, 4) is 0 Å². The lowest BCUT2D eigenvalue weighted by Gasteiger charge is -2.21. The van der Waals surface area contributed by atoms with E-state index in [2.05, 4.69) is 34.6 Å². The summed E-state index contributed by atoms with van der Waals surface area (Å²) in [5, 5.41) is 10.6. The van der Waals surface area contributed by atoms with Gasteiger partial charge < -0.3 is 33.8 Å². The fourth-order valence-corrected chi connectivity index (χ4v) is 13.8. The zero-order valence-corrected chi connectivity index (χ0v) is 65.7. The van der Waals surface area contributed by atoms with Crippen LogP contribution in [0, 0.1) is 5.92 Å². The van der Waals surface area contributed by atoms with E-state index in [4.69, 9.17) is 37.0 Å². The van der Waals surface area contributed by atoms with Gasteiger partial charge in [0, 0.05) is 25.7 Å². The maximum atomic E-state index is 13.1. The molecule has 0 rings (SSSR count). The Bertz CT molecular complexity index is 1870. The van der Waals surface area contributed by atoms with E-state index in [-0.39, 0.29) is 25.7 Å². The Hall–Kier alpha value is -1.94. The highest BCUT2D eigenvalue weighted by molar-refractivity contribution is 7.47. The Morgan fingerprint density at radius 2 is 0.469 bits per heavy atom. The summed E-state index contributed by atoms with van der Waals surface area (Å²) in [5.41, 5.74) is 0. The van der Waals surface area contributed by atoms with Gasteiger partial charge in [-0.1, -0.05) is 369 Å². The van der Waals surface area contributed by atoms with Gasteiger partial charge in [-0.2, -0.15) is 0 Å². The number of aliphatic hydroxyl groups excluding tert-OH is 1. The maximum absolute atomic E-state index is 13.1. The topological polar surface area (TPSA) is 237 Å². The highest BCUT2D eigenvalue weighted by Gasteiger charge is 2.30. The van der Waals surface area contributed by atoms with Crippen LogP contribution in [0.15, 0.2) is 0 Å². The number of rotatable bonds is 79. The van der Waals surface area contributed by atoms with E-state index >= 15 is 0 Å². The summed E-state index contributed by atoms with van der Waals surface area (Å²) in [6.07, 6.45) is 62.3. The monoisotopic (exact) mass is 1440 g/mol. The molecule has 0 aliphatic carbocycles. The molecule has 582 valence electrons. The molecule has 0 amide bonds. The van der Waals surface area contributed by atoms with Gasteiger partial charge in [-0.25, -0.2) is 9.13 Å². The first-order valence-electron chi connectivity index (χ1n) is 41.1. The fourth-order valence-electron chi connectivity index (χ4n) is 12.2. The van der Waals surface area contributed by atoms with Crippen LogP contribution in [0.4, 0.5) is 0 Å². The van der Waals surface area contributed by atoms with Crippen molar-refractivity contribution >= 4 is 39.5 Å². The van der Waals surface area contributed by atoms with E-state index < -0.39 is 97.5 Å². The third-order valence-corrected chi connectivity index (χ3v) is 20.4. The minimum atomic E-state index is -4.96. The van der Waals surface area contributed by atoms with E-state index in [0.717, 1.165) is 95.8 Å². The van der Waals surface area contributed by atoms with Gasteiger partial charge in [0.05, 0.1) is 26.4 Å². The van der Waals surface area contributed by atoms with Crippen LogP contribution in [-0.4, -0.2) is 96.7 Å². The van der Waals surface area contributed by atoms with E-state index in [0.29, 0.717) is 25.7 Å². The molecule has 5 atom stereocenters. The van der Waals surface area contributed by atoms with Crippen LogP contribution in [0.2, 0.25) is 0 Å². The standard InChI is InChI=1S/C79H154O17P2/c1-6-9-12-15-18-21-24-27-30-32-34-37-40-43-50-55-60-65-79(84)95-74(68-89-76(81)62-57-52-47-41-38-36-33-31-28-25-22-19-16-13-10-7-2)70-93-97(85,86)91-66-73(80)67-92-98(87,88)94-71-75(69-90-77(82)63-58-53-48-45-44-46-51-56-61-72(4)5)96-78(83)64-59-54-49-42-39-35-29-26-23-20-17-14-11-8-3/h72-75,80H,6-71H2,1-5H3,(H,85,86)(H,87,88)/t73-,74-,75-/m1/s1. The third-order valence-electron chi connectivity index (χ3n) is 18.5. The van der Waals surface area contributed by atoms with Crippen molar-refractivity contribution in [3.63, 3.8) is 0 Å². The second-order valence-electron chi connectivity index (χ2n) is 28.9. The van der Waals surface area contributed by atoms with E-state index in [1.165, 1.54) is 244 Å². The molecule has 0 radical (unpaired) electrons. The Kier molecular flexibility index (Phi) is 70.6. The predicted octanol–water partition coefficient (Wildman–Crippen LogP) is 23.6. The number of phosphoric acid groups is 2. The molecule has 0 aliphatic heterocycles. The van der Waals surface area contributed by atoms with Gasteiger partial charge in [0.25, 0.3) is 0 Å². The molecule has 17 nitrogen and oxygen atoms in total. The first-order chi connectivity index (χ1) is 47.5. The number of hydrogen-bond donors (Lipinski definition) is 3. The summed E-state index contributed by atoms with van der Waals surface area (Å²) < 4.78 is 68.7.